The molecule has 0 aliphatic carbocycles. The summed E-state index contributed by atoms with van der Waals surface area (Å²) >= 11 is 0. The summed E-state index contributed by atoms with van der Waals surface area (Å²) < 4.78 is 0. The van der Waals surface area contributed by atoms with Crippen LogP contribution in [-0.2, 0) is 9.59 Å². The fourth-order valence-corrected chi connectivity index (χ4v) is 1.30. The highest BCUT2D eigenvalue weighted by atomic mass is 16.4. The van der Waals surface area contributed by atoms with E-state index in [9.17, 15) is 14.7 Å². The van der Waals surface area contributed by atoms with Gasteiger partial charge in [-0.25, -0.2) is 4.79 Å². The van der Waals surface area contributed by atoms with Gasteiger partial charge in [-0.2, -0.15) is 0 Å². The number of hydrogen-bond donors (Lipinski definition) is 3. The molecule has 1 unspecified atom stereocenters. The predicted molar refractivity (Wildman–Crippen MR) is 62.5 cm³/mol. The first-order chi connectivity index (χ1) is 8.00. The van der Waals surface area contributed by atoms with Crippen LogP contribution in [0.4, 0.5) is 5.69 Å². The molecule has 0 bridgehead atoms. The number of aliphatic hydroxyl groups excluding tert-OH is 1. The molecule has 0 saturated carbocycles. The molecule has 1 atom stereocenters. The van der Waals surface area contributed by atoms with Crippen molar-refractivity contribution < 1.29 is 19.8 Å². The largest absolute Gasteiger partial charge is 0.478 e. The zero-order valence-electron chi connectivity index (χ0n) is 9.25. The van der Waals surface area contributed by atoms with Crippen LogP contribution in [0.1, 0.15) is 18.6 Å². The van der Waals surface area contributed by atoms with Gasteiger partial charge in [-0.05, 0) is 13.0 Å². The van der Waals surface area contributed by atoms with E-state index in [1.54, 1.807) is 31.2 Å². The topological polar surface area (TPSA) is 86.6 Å². The Morgan fingerprint density at radius 1 is 1.29 bits per heavy atom. The first-order valence-corrected chi connectivity index (χ1v) is 4.99. The molecule has 0 radical (unpaired) electrons. The van der Waals surface area contributed by atoms with Crippen LogP contribution in [0.15, 0.2) is 36.4 Å². The average Bonchev–Trinajstić information content (AvgIpc) is 2.27. The number of benzene rings is 1. The highest BCUT2D eigenvalue weighted by Crippen LogP contribution is 2.21. The number of amides is 1. The van der Waals surface area contributed by atoms with E-state index >= 15 is 0 Å². The minimum atomic E-state index is -1.19. The fraction of sp³-hybridized carbons (Fsp3) is 0.167. The van der Waals surface area contributed by atoms with Crippen LogP contribution in [0.25, 0.3) is 0 Å². The first-order valence-electron chi connectivity index (χ1n) is 4.99. The Bertz CT molecular complexity index is 452. The highest BCUT2D eigenvalue weighted by molar-refractivity contribution is 6.02. The van der Waals surface area contributed by atoms with Gasteiger partial charge < -0.3 is 15.5 Å². The van der Waals surface area contributed by atoms with Crippen LogP contribution >= 0.6 is 0 Å². The zero-order chi connectivity index (χ0) is 12.8. The van der Waals surface area contributed by atoms with Crippen LogP contribution in [0.3, 0.4) is 0 Å². The number of aliphatic hydroxyl groups is 1. The van der Waals surface area contributed by atoms with Gasteiger partial charge in [0.05, 0.1) is 6.10 Å². The van der Waals surface area contributed by atoms with Crippen molar-refractivity contribution in [1.82, 2.24) is 0 Å². The molecule has 1 aromatic rings. The fourth-order valence-electron chi connectivity index (χ4n) is 1.30. The molecule has 1 aromatic carbocycles. The standard InChI is InChI=1S/C12H13NO4/c1-8(14)9-4-2-3-5-10(9)13-11(15)6-7-12(16)17/h2-8,14H,1H3,(H,13,15)(H,16,17)/b7-6+. The second-order valence-corrected chi connectivity index (χ2v) is 3.42. The van der Waals surface area contributed by atoms with Gasteiger partial charge in [-0.15, -0.1) is 0 Å². The van der Waals surface area contributed by atoms with E-state index in [4.69, 9.17) is 5.11 Å². The summed E-state index contributed by atoms with van der Waals surface area (Å²) in [6, 6.07) is 6.77. The van der Waals surface area contributed by atoms with Crippen molar-refractivity contribution in [3.63, 3.8) is 0 Å². The Balaban J connectivity index is 2.81. The normalized spacial score (nSPS) is 12.4. The van der Waals surface area contributed by atoms with E-state index in [0.29, 0.717) is 11.3 Å². The lowest BCUT2D eigenvalue weighted by Crippen LogP contribution is -2.11. The molecule has 0 aromatic heterocycles. The quantitative estimate of drug-likeness (QED) is 0.687. The van der Waals surface area contributed by atoms with Crippen LogP contribution < -0.4 is 5.32 Å². The lowest BCUT2D eigenvalue weighted by Gasteiger charge is -2.11. The van der Waals surface area contributed by atoms with Gasteiger partial charge in [0.25, 0.3) is 0 Å². The number of carboxylic acid groups (broad SMARTS) is 1. The third-order valence-corrected chi connectivity index (χ3v) is 2.05. The van der Waals surface area contributed by atoms with Crippen LogP contribution in [0, 0.1) is 0 Å². The summed E-state index contributed by atoms with van der Waals surface area (Å²) in [7, 11) is 0. The van der Waals surface area contributed by atoms with Gasteiger partial charge in [0, 0.05) is 23.4 Å². The van der Waals surface area contributed by atoms with Crippen molar-refractivity contribution >= 4 is 17.6 Å². The maximum atomic E-state index is 11.3. The Morgan fingerprint density at radius 2 is 1.94 bits per heavy atom. The summed E-state index contributed by atoms with van der Waals surface area (Å²) in [5.74, 6) is -1.75. The lowest BCUT2D eigenvalue weighted by molar-refractivity contribution is -0.131. The molecule has 17 heavy (non-hydrogen) atoms. The monoisotopic (exact) mass is 235 g/mol. The Hall–Kier alpha value is -2.14. The third kappa shape index (κ3) is 4.08. The van der Waals surface area contributed by atoms with E-state index in [1.165, 1.54) is 0 Å². The molecule has 0 saturated heterocycles. The summed E-state index contributed by atoms with van der Waals surface area (Å²) in [5.41, 5.74) is 1.03. The van der Waals surface area contributed by atoms with E-state index < -0.39 is 18.0 Å². The summed E-state index contributed by atoms with van der Waals surface area (Å²) in [6.45, 7) is 1.58. The second-order valence-electron chi connectivity index (χ2n) is 3.42. The first kappa shape index (κ1) is 12.9. The summed E-state index contributed by atoms with van der Waals surface area (Å²) in [6.07, 6.45) is 0.955. The maximum absolute atomic E-state index is 11.3. The molecule has 1 amide bonds. The van der Waals surface area contributed by atoms with Crippen molar-refractivity contribution in [3.05, 3.63) is 42.0 Å². The minimum absolute atomic E-state index is 0.461. The number of rotatable bonds is 4. The Morgan fingerprint density at radius 3 is 2.53 bits per heavy atom. The number of carboxylic acids is 1. The van der Waals surface area contributed by atoms with Gasteiger partial charge in [0.2, 0.25) is 5.91 Å². The third-order valence-electron chi connectivity index (χ3n) is 2.05. The number of carbonyl (C=O) groups excluding carboxylic acids is 1. The maximum Gasteiger partial charge on any atom is 0.328 e. The van der Waals surface area contributed by atoms with Gasteiger partial charge in [0.1, 0.15) is 0 Å². The molecule has 3 N–H and O–H groups in total. The molecule has 0 heterocycles. The summed E-state index contributed by atoms with van der Waals surface area (Å²) in [4.78, 5) is 21.6. The van der Waals surface area contributed by atoms with Crippen molar-refractivity contribution in [2.24, 2.45) is 0 Å². The molecular formula is C12H13NO4. The van der Waals surface area contributed by atoms with Crippen molar-refractivity contribution in [2.45, 2.75) is 13.0 Å². The molecule has 0 spiro atoms. The molecule has 90 valence electrons. The number of hydrogen-bond acceptors (Lipinski definition) is 3. The smallest absolute Gasteiger partial charge is 0.328 e. The summed E-state index contributed by atoms with van der Waals surface area (Å²) in [5, 5.41) is 20.3. The van der Waals surface area contributed by atoms with Crippen LogP contribution in [-0.4, -0.2) is 22.1 Å². The van der Waals surface area contributed by atoms with Crippen molar-refractivity contribution in [3.8, 4) is 0 Å². The van der Waals surface area contributed by atoms with Crippen LogP contribution in [0.5, 0.6) is 0 Å². The number of nitrogens with one attached hydrogen (secondary N) is 1. The molecular weight excluding hydrogens is 222 g/mol. The SMILES string of the molecule is CC(O)c1ccccc1NC(=O)/C=C/C(=O)O. The number of anilines is 1. The molecule has 0 aliphatic rings. The second kappa shape index (κ2) is 5.81. The van der Waals surface area contributed by atoms with E-state index in [2.05, 4.69) is 5.32 Å². The highest BCUT2D eigenvalue weighted by Gasteiger charge is 2.08. The number of para-hydroxylation sites is 1. The number of carbonyl (C=O) groups is 2. The molecule has 5 heteroatoms. The molecule has 0 aliphatic heterocycles. The number of aliphatic carboxylic acids is 1. The Kier molecular flexibility index (Phi) is 4.42. The van der Waals surface area contributed by atoms with Crippen LogP contribution in [0.2, 0.25) is 0 Å². The van der Waals surface area contributed by atoms with Gasteiger partial charge in [0.15, 0.2) is 0 Å². The van der Waals surface area contributed by atoms with Gasteiger partial charge in [-0.1, -0.05) is 18.2 Å². The Labute approximate surface area is 98.4 Å². The molecule has 5 nitrogen and oxygen atoms in total. The lowest BCUT2D eigenvalue weighted by atomic mass is 10.1. The van der Waals surface area contributed by atoms with Gasteiger partial charge >= 0.3 is 5.97 Å². The zero-order valence-corrected chi connectivity index (χ0v) is 9.25. The molecule has 1 rings (SSSR count). The molecule has 0 fully saturated rings. The van der Waals surface area contributed by atoms with Crippen molar-refractivity contribution in [1.29, 1.82) is 0 Å². The van der Waals surface area contributed by atoms with E-state index in [1.807, 2.05) is 0 Å². The minimum Gasteiger partial charge on any atom is -0.478 e. The predicted octanol–water partition coefficient (Wildman–Crippen LogP) is 1.32. The van der Waals surface area contributed by atoms with E-state index in [0.717, 1.165) is 12.2 Å². The van der Waals surface area contributed by atoms with Crippen molar-refractivity contribution in [2.75, 3.05) is 5.32 Å². The average molecular weight is 235 g/mol. The van der Waals surface area contributed by atoms with Gasteiger partial charge in [-0.3, -0.25) is 4.79 Å². The van der Waals surface area contributed by atoms with E-state index in [-0.39, 0.29) is 0 Å².